The monoisotopic (exact) mass is 239 g/mol. The minimum Gasteiger partial charge on any atom is -0.378 e. The number of piperazine rings is 1. The van der Waals surface area contributed by atoms with Crippen molar-refractivity contribution in [3.8, 4) is 0 Å². The molecule has 3 aliphatic rings. The molecule has 0 saturated carbocycles. The highest BCUT2D eigenvalue weighted by Crippen LogP contribution is 2.16. The van der Waals surface area contributed by atoms with Gasteiger partial charge in [0, 0.05) is 58.5 Å². The van der Waals surface area contributed by atoms with Gasteiger partial charge >= 0.3 is 0 Å². The van der Waals surface area contributed by atoms with Gasteiger partial charge in [-0.3, -0.25) is 4.90 Å². The molecule has 0 aromatic rings. The molecule has 4 nitrogen and oxygen atoms in total. The summed E-state index contributed by atoms with van der Waals surface area (Å²) in [7, 11) is 0. The predicted octanol–water partition coefficient (Wildman–Crippen LogP) is 0.145. The minimum absolute atomic E-state index is 0.559. The number of rotatable bonds is 4. The van der Waals surface area contributed by atoms with Gasteiger partial charge in [-0.25, -0.2) is 0 Å². The zero-order valence-corrected chi connectivity index (χ0v) is 10.7. The molecule has 0 amide bonds. The van der Waals surface area contributed by atoms with Crippen LogP contribution in [0.5, 0.6) is 0 Å². The van der Waals surface area contributed by atoms with E-state index < -0.39 is 0 Å². The van der Waals surface area contributed by atoms with Gasteiger partial charge in [-0.1, -0.05) is 0 Å². The highest BCUT2D eigenvalue weighted by Gasteiger charge is 2.27. The summed E-state index contributed by atoms with van der Waals surface area (Å²) in [6, 6.07) is 0.829. The van der Waals surface area contributed by atoms with Gasteiger partial charge in [0.25, 0.3) is 0 Å². The van der Waals surface area contributed by atoms with Crippen molar-refractivity contribution in [2.45, 2.75) is 31.4 Å². The van der Waals surface area contributed by atoms with Crippen LogP contribution < -0.4 is 5.32 Å². The molecule has 3 aliphatic heterocycles. The van der Waals surface area contributed by atoms with Crippen LogP contribution in [0.1, 0.15) is 19.3 Å². The summed E-state index contributed by atoms with van der Waals surface area (Å²) in [5.74, 6) is 0. The van der Waals surface area contributed by atoms with Crippen LogP contribution in [-0.4, -0.2) is 74.4 Å². The molecule has 3 saturated heterocycles. The van der Waals surface area contributed by atoms with E-state index in [-0.39, 0.29) is 0 Å². The zero-order valence-electron chi connectivity index (χ0n) is 10.7. The predicted molar refractivity (Wildman–Crippen MR) is 68.3 cm³/mol. The Bertz CT molecular complexity index is 231. The molecule has 0 spiro atoms. The summed E-state index contributed by atoms with van der Waals surface area (Å²) in [6.45, 7) is 9.67. The third kappa shape index (κ3) is 2.99. The minimum atomic E-state index is 0.559. The van der Waals surface area contributed by atoms with E-state index >= 15 is 0 Å². The molecular formula is C13H25N3O. The first kappa shape index (κ1) is 11.9. The summed E-state index contributed by atoms with van der Waals surface area (Å²) in [5.41, 5.74) is 0. The van der Waals surface area contributed by atoms with Crippen LogP contribution in [0.4, 0.5) is 0 Å². The van der Waals surface area contributed by atoms with Crippen LogP contribution in [0.3, 0.4) is 0 Å². The van der Waals surface area contributed by atoms with Gasteiger partial charge in [-0.15, -0.1) is 0 Å². The smallest absolute Gasteiger partial charge is 0.0588 e. The molecule has 4 heteroatoms. The van der Waals surface area contributed by atoms with Crippen LogP contribution in [0.15, 0.2) is 0 Å². The number of nitrogens with zero attached hydrogens (tertiary/aromatic N) is 2. The molecule has 0 aromatic heterocycles. The van der Waals surface area contributed by atoms with Crippen LogP contribution >= 0.6 is 0 Å². The molecule has 3 heterocycles. The Kier molecular flexibility index (Phi) is 3.96. The molecule has 0 bridgehead atoms. The van der Waals surface area contributed by atoms with Crippen LogP contribution in [0, 0.1) is 0 Å². The lowest BCUT2D eigenvalue weighted by Crippen LogP contribution is -2.61. The quantitative estimate of drug-likeness (QED) is 0.755. The fourth-order valence-corrected chi connectivity index (χ4v) is 3.08. The van der Waals surface area contributed by atoms with Gasteiger partial charge in [0.05, 0.1) is 6.10 Å². The van der Waals surface area contributed by atoms with Crippen LogP contribution in [0.2, 0.25) is 0 Å². The van der Waals surface area contributed by atoms with Crippen molar-refractivity contribution in [2.75, 3.05) is 52.4 Å². The Morgan fingerprint density at radius 3 is 2.53 bits per heavy atom. The molecule has 98 valence electrons. The average Bonchev–Trinajstić information content (AvgIpc) is 2.79. The van der Waals surface area contributed by atoms with Crippen molar-refractivity contribution < 1.29 is 4.74 Å². The maximum Gasteiger partial charge on any atom is 0.0588 e. The largest absolute Gasteiger partial charge is 0.378 e. The van der Waals surface area contributed by atoms with E-state index in [2.05, 4.69) is 15.1 Å². The lowest BCUT2D eigenvalue weighted by molar-refractivity contribution is 0.0550. The molecule has 1 unspecified atom stereocenters. The van der Waals surface area contributed by atoms with Gasteiger partial charge in [0.15, 0.2) is 0 Å². The summed E-state index contributed by atoms with van der Waals surface area (Å²) in [6.07, 6.45) is 4.36. The molecule has 3 fully saturated rings. The Balaban J connectivity index is 1.33. The fourth-order valence-electron chi connectivity index (χ4n) is 3.08. The Morgan fingerprint density at radius 1 is 1.12 bits per heavy atom. The zero-order chi connectivity index (χ0) is 11.5. The van der Waals surface area contributed by atoms with E-state index in [4.69, 9.17) is 4.74 Å². The average molecular weight is 239 g/mol. The summed E-state index contributed by atoms with van der Waals surface area (Å²) in [5, 5.41) is 3.36. The third-order valence-electron chi connectivity index (χ3n) is 4.47. The van der Waals surface area contributed by atoms with Crippen molar-refractivity contribution in [1.29, 1.82) is 0 Å². The first-order valence-corrected chi connectivity index (χ1v) is 7.20. The Labute approximate surface area is 104 Å². The number of nitrogens with one attached hydrogen (secondary N) is 1. The molecule has 17 heavy (non-hydrogen) atoms. The second-order valence-corrected chi connectivity index (χ2v) is 5.61. The van der Waals surface area contributed by atoms with Gasteiger partial charge in [0.2, 0.25) is 0 Å². The molecule has 1 N–H and O–H groups in total. The SMILES string of the molecule is C1COC(CCN2CCN(C3CNC3)CC2)C1. The maximum absolute atomic E-state index is 5.68. The third-order valence-corrected chi connectivity index (χ3v) is 4.47. The van der Waals surface area contributed by atoms with Crippen LogP contribution in [0.25, 0.3) is 0 Å². The van der Waals surface area contributed by atoms with Crippen molar-refractivity contribution in [1.82, 2.24) is 15.1 Å². The number of ether oxygens (including phenoxy) is 1. The van der Waals surface area contributed by atoms with Gasteiger partial charge in [0.1, 0.15) is 0 Å². The second-order valence-electron chi connectivity index (χ2n) is 5.61. The lowest BCUT2D eigenvalue weighted by Gasteiger charge is -2.43. The van der Waals surface area contributed by atoms with E-state index in [0.717, 1.165) is 12.6 Å². The molecule has 0 radical (unpaired) electrons. The lowest BCUT2D eigenvalue weighted by atomic mass is 10.1. The molecule has 0 aliphatic carbocycles. The van der Waals surface area contributed by atoms with Gasteiger partial charge < -0.3 is 15.0 Å². The first-order valence-electron chi connectivity index (χ1n) is 7.20. The molecular weight excluding hydrogens is 214 g/mol. The van der Waals surface area contributed by atoms with Gasteiger partial charge in [-0.05, 0) is 19.3 Å². The normalized spacial score (nSPS) is 32.8. The topological polar surface area (TPSA) is 27.7 Å². The maximum atomic E-state index is 5.68. The van der Waals surface area contributed by atoms with E-state index in [0.29, 0.717) is 6.10 Å². The molecule has 3 rings (SSSR count). The van der Waals surface area contributed by atoms with Crippen molar-refractivity contribution >= 4 is 0 Å². The van der Waals surface area contributed by atoms with Crippen molar-refractivity contribution in [2.24, 2.45) is 0 Å². The van der Waals surface area contributed by atoms with E-state index in [1.54, 1.807) is 0 Å². The highest BCUT2D eigenvalue weighted by atomic mass is 16.5. The molecule has 0 aromatic carbocycles. The van der Waals surface area contributed by atoms with E-state index in [1.807, 2.05) is 0 Å². The van der Waals surface area contributed by atoms with Gasteiger partial charge in [-0.2, -0.15) is 0 Å². The van der Waals surface area contributed by atoms with E-state index in [9.17, 15) is 0 Å². The fraction of sp³-hybridized carbons (Fsp3) is 1.00. The molecule has 1 atom stereocenters. The summed E-state index contributed by atoms with van der Waals surface area (Å²) >= 11 is 0. The Hall–Kier alpha value is -0.160. The van der Waals surface area contributed by atoms with E-state index in [1.165, 1.54) is 65.1 Å². The van der Waals surface area contributed by atoms with Crippen LogP contribution in [-0.2, 0) is 4.74 Å². The number of hydrogen-bond acceptors (Lipinski definition) is 4. The van der Waals surface area contributed by atoms with Crippen molar-refractivity contribution in [3.63, 3.8) is 0 Å². The number of hydrogen-bond donors (Lipinski definition) is 1. The Morgan fingerprint density at radius 2 is 1.94 bits per heavy atom. The summed E-state index contributed by atoms with van der Waals surface area (Å²) in [4.78, 5) is 5.27. The standard InChI is InChI=1S/C13H25N3O/c1-2-13(17-9-1)3-4-15-5-7-16(8-6-15)12-10-14-11-12/h12-14H,1-11H2. The summed E-state index contributed by atoms with van der Waals surface area (Å²) < 4.78 is 5.68. The van der Waals surface area contributed by atoms with Crippen molar-refractivity contribution in [3.05, 3.63) is 0 Å². The first-order chi connectivity index (χ1) is 8.42. The second kappa shape index (κ2) is 5.65. The highest BCUT2D eigenvalue weighted by molar-refractivity contribution is 4.87.